The second-order valence-corrected chi connectivity index (χ2v) is 12.9. The number of anilines is 1. The van der Waals surface area contributed by atoms with Gasteiger partial charge in [0.05, 0.1) is 65.7 Å². The van der Waals surface area contributed by atoms with E-state index in [2.05, 4.69) is 20.3 Å². The summed E-state index contributed by atoms with van der Waals surface area (Å²) in [4.78, 5) is 53.4. The molecule has 0 spiro atoms. The molecule has 2 amide bonds. The normalized spacial score (nSPS) is 20.0. The van der Waals surface area contributed by atoms with Crippen LogP contribution in [0.2, 0.25) is 0 Å². The number of methoxy groups -OCH3 is 1. The average Bonchev–Trinajstić information content (AvgIpc) is 2.97. The maximum absolute atomic E-state index is 13.6. The zero-order valence-electron chi connectivity index (χ0n) is 25.2. The van der Waals surface area contributed by atoms with Crippen molar-refractivity contribution in [3.05, 3.63) is 47.8 Å². The SMILES string of the molecule is COc1ccc2nccc(CC[C@@H]3CC[C@@H](N(Cc4ccc5c(n4)NC(=O)CS5)C(=O)OC(C)(C)C)[C@@H](CC(=O)O)O3)c2n1. The molecule has 5 heterocycles. The Morgan fingerprint density at radius 1 is 1.16 bits per heavy atom. The molecule has 13 heteroatoms. The molecule has 2 aliphatic rings. The van der Waals surface area contributed by atoms with Crippen LogP contribution in [0.3, 0.4) is 0 Å². The standard InChI is InChI=1S/C31H37N5O7S/c1-31(2,3)43-30(40)36(16-19-6-11-24-29(33-19)34-25(37)17-44-24)22-10-8-20(42-23(22)15-27(38)39)7-5-18-13-14-32-21-9-12-26(41-4)35-28(18)21/h6,9,11-14,20,22-23H,5,7-8,10,15-17H2,1-4H3,(H,38,39)(H,33,34,37)/t20-,22-,23-/m1/s1. The maximum Gasteiger partial charge on any atom is 0.410 e. The summed E-state index contributed by atoms with van der Waals surface area (Å²) in [6.45, 7) is 5.40. The highest BCUT2D eigenvalue weighted by Crippen LogP contribution is 2.33. The molecule has 1 saturated heterocycles. The molecule has 2 N–H and O–H groups in total. The second kappa shape index (κ2) is 13.3. The summed E-state index contributed by atoms with van der Waals surface area (Å²) in [5.41, 5.74) is 2.28. The highest BCUT2D eigenvalue weighted by atomic mass is 32.2. The predicted octanol–water partition coefficient (Wildman–Crippen LogP) is 4.84. The Kier molecular flexibility index (Phi) is 9.54. The predicted molar refractivity (Wildman–Crippen MR) is 164 cm³/mol. The molecule has 44 heavy (non-hydrogen) atoms. The van der Waals surface area contributed by atoms with Gasteiger partial charge in [-0.05, 0) is 76.3 Å². The smallest absolute Gasteiger partial charge is 0.410 e. The Bertz CT molecular complexity index is 1550. The number of rotatable bonds is 9. The molecule has 3 atom stereocenters. The monoisotopic (exact) mass is 623 g/mol. The topological polar surface area (TPSA) is 153 Å². The van der Waals surface area contributed by atoms with Gasteiger partial charge in [-0.15, -0.1) is 11.8 Å². The molecule has 1 fully saturated rings. The zero-order chi connectivity index (χ0) is 31.4. The number of carbonyl (C=O) groups is 3. The molecule has 12 nitrogen and oxygen atoms in total. The van der Waals surface area contributed by atoms with E-state index in [1.807, 2.05) is 18.2 Å². The van der Waals surface area contributed by atoms with Gasteiger partial charge < -0.3 is 24.6 Å². The number of carbonyl (C=O) groups excluding carboxylic acids is 2. The van der Waals surface area contributed by atoms with E-state index in [-0.39, 0.29) is 25.0 Å². The van der Waals surface area contributed by atoms with Crippen molar-refractivity contribution in [1.29, 1.82) is 0 Å². The lowest BCUT2D eigenvalue weighted by Crippen LogP contribution is -2.53. The van der Waals surface area contributed by atoms with Crippen molar-refractivity contribution in [3.8, 4) is 5.88 Å². The van der Waals surface area contributed by atoms with E-state index in [0.717, 1.165) is 21.5 Å². The largest absolute Gasteiger partial charge is 0.481 e. The minimum absolute atomic E-state index is 0.0635. The molecular weight excluding hydrogens is 586 g/mol. The fourth-order valence-corrected chi connectivity index (χ4v) is 6.23. The first kappa shape index (κ1) is 31.5. The molecule has 0 aromatic carbocycles. The number of carboxylic acids is 1. The average molecular weight is 624 g/mol. The molecule has 0 unspecified atom stereocenters. The molecule has 0 bridgehead atoms. The zero-order valence-corrected chi connectivity index (χ0v) is 26.1. The number of pyridine rings is 3. The minimum atomic E-state index is -1.02. The molecule has 3 aromatic rings. The van der Waals surface area contributed by atoms with Gasteiger partial charge in [-0.3, -0.25) is 19.5 Å². The Balaban J connectivity index is 1.35. The van der Waals surface area contributed by atoms with Crippen LogP contribution in [-0.2, 0) is 32.0 Å². The number of aromatic nitrogens is 3. The summed E-state index contributed by atoms with van der Waals surface area (Å²) >= 11 is 1.40. The fourth-order valence-electron chi connectivity index (χ4n) is 5.47. The molecule has 3 aromatic heterocycles. The Hall–Kier alpha value is -3.97. The molecule has 0 aliphatic carbocycles. The quantitative estimate of drug-likeness (QED) is 0.337. The number of nitrogens with one attached hydrogen (secondary N) is 1. The highest BCUT2D eigenvalue weighted by molar-refractivity contribution is 8.00. The summed E-state index contributed by atoms with van der Waals surface area (Å²) < 4.78 is 17.5. The van der Waals surface area contributed by atoms with Gasteiger partial charge in [0.2, 0.25) is 11.8 Å². The Labute approximate surface area is 259 Å². The van der Waals surface area contributed by atoms with Gasteiger partial charge >= 0.3 is 12.1 Å². The van der Waals surface area contributed by atoms with Crippen molar-refractivity contribution in [1.82, 2.24) is 19.9 Å². The lowest BCUT2D eigenvalue weighted by atomic mass is 9.92. The molecule has 0 saturated carbocycles. The third-order valence-corrected chi connectivity index (χ3v) is 8.48. The molecule has 5 rings (SSSR count). The van der Waals surface area contributed by atoms with Gasteiger partial charge in [0, 0.05) is 12.3 Å². The highest BCUT2D eigenvalue weighted by Gasteiger charge is 2.40. The van der Waals surface area contributed by atoms with Crippen molar-refractivity contribution in [2.24, 2.45) is 0 Å². The summed E-state index contributed by atoms with van der Waals surface area (Å²) in [6.07, 6.45) is 2.31. The number of fused-ring (bicyclic) bond motifs is 2. The number of carboxylic acid groups (broad SMARTS) is 1. The van der Waals surface area contributed by atoms with Crippen LogP contribution in [0.25, 0.3) is 11.0 Å². The van der Waals surface area contributed by atoms with Gasteiger partial charge in [0.15, 0.2) is 0 Å². The van der Waals surface area contributed by atoms with Gasteiger partial charge in [0.1, 0.15) is 11.4 Å². The van der Waals surface area contributed by atoms with Crippen molar-refractivity contribution < 1.29 is 33.7 Å². The Morgan fingerprint density at radius 2 is 1.98 bits per heavy atom. The number of hydrogen-bond acceptors (Lipinski definition) is 10. The van der Waals surface area contributed by atoms with E-state index < -0.39 is 29.8 Å². The van der Waals surface area contributed by atoms with Crippen LogP contribution in [0, 0.1) is 0 Å². The van der Waals surface area contributed by atoms with Gasteiger partial charge in [-0.1, -0.05) is 0 Å². The molecule has 234 valence electrons. The number of aliphatic carboxylic acids is 1. The molecular formula is C31H37N5O7S. The van der Waals surface area contributed by atoms with E-state index in [0.29, 0.717) is 48.8 Å². The summed E-state index contributed by atoms with van der Waals surface area (Å²) in [5.74, 6) is 0.108. The van der Waals surface area contributed by atoms with Crippen molar-refractivity contribution in [3.63, 3.8) is 0 Å². The summed E-state index contributed by atoms with van der Waals surface area (Å²) in [5, 5.41) is 12.6. The number of ether oxygens (including phenoxy) is 3. The van der Waals surface area contributed by atoms with E-state index in [4.69, 9.17) is 14.2 Å². The lowest BCUT2D eigenvalue weighted by Gasteiger charge is -2.42. The van der Waals surface area contributed by atoms with Crippen LogP contribution < -0.4 is 10.1 Å². The first-order valence-corrected chi connectivity index (χ1v) is 15.6. The fraction of sp³-hybridized carbons (Fsp3) is 0.484. The minimum Gasteiger partial charge on any atom is -0.481 e. The van der Waals surface area contributed by atoms with Crippen molar-refractivity contribution in [2.75, 3.05) is 18.2 Å². The first-order valence-electron chi connectivity index (χ1n) is 14.6. The van der Waals surface area contributed by atoms with Gasteiger partial charge in [-0.25, -0.2) is 14.8 Å². The van der Waals surface area contributed by atoms with Crippen molar-refractivity contribution in [2.45, 2.75) is 88.2 Å². The Morgan fingerprint density at radius 3 is 2.73 bits per heavy atom. The lowest BCUT2D eigenvalue weighted by molar-refractivity contribution is -0.149. The number of thioether (sulfide) groups is 1. The number of hydrogen-bond donors (Lipinski definition) is 2. The van der Waals surface area contributed by atoms with E-state index in [1.54, 1.807) is 46.2 Å². The van der Waals surface area contributed by atoms with Crippen LogP contribution in [0.4, 0.5) is 10.6 Å². The summed E-state index contributed by atoms with van der Waals surface area (Å²) in [6, 6.07) is 8.67. The van der Waals surface area contributed by atoms with Crippen LogP contribution >= 0.6 is 11.8 Å². The van der Waals surface area contributed by atoms with E-state index >= 15 is 0 Å². The van der Waals surface area contributed by atoms with E-state index in [1.165, 1.54) is 16.7 Å². The van der Waals surface area contributed by atoms with Crippen LogP contribution in [0.15, 0.2) is 41.4 Å². The van der Waals surface area contributed by atoms with E-state index in [9.17, 15) is 19.5 Å². The number of amides is 2. The number of nitrogens with zero attached hydrogens (tertiary/aromatic N) is 4. The second-order valence-electron chi connectivity index (χ2n) is 11.9. The third kappa shape index (κ3) is 7.75. The molecule has 2 aliphatic heterocycles. The van der Waals surface area contributed by atoms with Crippen LogP contribution in [0.1, 0.15) is 57.7 Å². The van der Waals surface area contributed by atoms with Crippen LogP contribution in [-0.4, -0.2) is 79.6 Å². The first-order chi connectivity index (χ1) is 21.0. The molecule has 0 radical (unpaired) electrons. The maximum atomic E-state index is 13.6. The summed E-state index contributed by atoms with van der Waals surface area (Å²) in [7, 11) is 1.57. The van der Waals surface area contributed by atoms with Crippen molar-refractivity contribution >= 4 is 46.6 Å². The third-order valence-electron chi connectivity index (χ3n) is 7.44. The van der Waals surface area contributed by atoms with Crippen LogP contribution in [0.5, 0.6) is 5.88 Å². The number of aryl methyl sites for hydroxylation is 1. The van der Waals surface area contributed by atoms with Gasteiger partial charge in [-0.2, -0.15) is 0 Å². The van der Waals surface area contributed by atoms with Gasteiger partial charge in [0.25, 0.3) is 0 Å².